The Labute approximate surface area is 89.9 Å². The second kappa shape index (κ2) is 6.19. The van der Waals surface area contributed by atoms with Gasteiger partial charge in [-0.2, -0.15) is 0 Å². The maximum atomic E-state index is 10.3. The van der Waals surface area contributed by atoms with E-state index in [-0.39, 0.29) is 12.5 Å². The van der Waals surface area contributed by atoms with Gasteiger partial charge < -0.3 is 10.8 Å². The zero-order chi connectivity index (χ0) is 11.1. The van der Waals surface area contributed by atoms with Gasteiger partial charge in [-0.3, -0.25) is 4.79 Å². The standard InChI is InChI=1S/C12H17NO2/c13-11(8-4-5-9-12(14)15)10-6-2-1-3-7-10/h1-3,6-7,11H,4-5,8-9,13H2,(H,14,15)/t11-/m1/s1. The largest absolute Gasteiger partial charge is 0.481 e. The summed E-state index contributed by atoms with van der Waals surface area (Å²) in [5.74, 6) is -0.733. The van der Waals surface area contributed by atoms with Crippen LogP contribution in [-0.4, -0.2) is 11.1 Å². The summed E-state index contributed by atoms with van der Waals surface area (Å²) in [5.41, 5.74) is 7.08. The molecule has 15 heavy (non-hydrogen) atoms. The molecule has 3 heteroatoms. The summed E-state index contributed by atoms with van der Waals surface area (Å²) in [6.45, 7) is 0. The summed E-state index contributed by atoms with van der Waals surface area (Å²) in [7, 11) is 0. The van der Waals surface area contributed by atoms with Gasteiger partial charge in [0.15, 0.2) is 0 Å². The van der Waals surface area contributed by atoms with Gasteiger partial charge in [0, 0.05) is 12.5 Å². The van der Waals surface area contributed by atoms with Gasteiger partial charge in [0.05, 0.1) is 0 Å². The molecule has 0 aromatic heterocycles. The maximum Gasteiger partial charge on any atom is 0.303 e. The highest BCUT2D eigenvalue weighted by atomic mass is 16.4. The van der Waals surface area contributed by atoms with Gasteiger partial charge in [-0.25, -0.2) is 0 Å². The quantitative estimate of drug-likeness (QED) is 0.704. The molecule has 0 fully saturated rings. The fraction of sp³-hybridized carbons (Fsp3) is 0.417. The number of rotatable bonds is 6. The minimum absolute atomic E-state index is 0.0278. The number of hydrogen-bond donors (Lipinski definition) is 2. The fourth-order valence-electron chi connectivity index (χ4n) is 1.51. The van der Waals surface area contributed by atoms with Crippen molar-refractivity contribution in [2.75, 3.05) is 0 Å². The van der Waals surface area contributed by atoms with Crippen molar-refractivity contribution in [1.82, 2.24) is 0 Å². The van der Waals surface area contributed by atoms with E-state index < -0.39 is 5.97 Å². The summed E-state index contributed by atoms with van der Waals surface area (Å²) in [5, 5.41) is 8.46. The molecule has 1 aromatic carbocycles. The molecule has 1 aromatic rings. The lowest BCUT2D eigenvalue weighted by molar-refractivity contribution is -0.137. The van der Waals surface area contributed by atoms with Crippen molar-refractivity contribution >= 4 is 5.97 Å². The van der Waals surface area contributed by atoms with Gasteiger partial charge in [-0.05, 0) is 18.4 Å². The summed E-state index contributed by atoms with van der Waals surface area (Å²) in [6.07, 6.45) is 2.65. The molecule has 3 N–H and O–H groups in total. The van der Waals surface area contributed by atoms with Crippen LogP contribution in [0.5, 0.6) is 0 Å². The van der Waals surface area contributed by atoms with Crippen molar-refractivity contribution in [3.63, 3.8) is 0 Å². The third-order valence-corrected chi connectivity index (χ3v) is 2.38. The Morgan fingerprint density at radius 2 is 1.93 bits per heavy atom. The van der Waals surface area contributed by atoms with E-state index in [1.807, 2.05) is 30.3 Å². The molecule has 0 radical (unpaired) electrons. The molecular formula is C12H17NO2. The minimum atomic E-state index is -0.733. The number of carboxylic acid groups (broad SMARTS) is 1. The molecule has 0 bridgehead atoms. The van der Waals surface area contributed by atoms with Crippen molar-refractivity contribution in [3.05, 3.63) is 35.9 Å². The number of benzene rings is 1. The van der Waals surface area contributed by atoms with E-state index in [4.69, 9.17) is 10.8 Å². The molecule has 1 rings (SSSR count). The molecule has 0 spiro atoms. The second-order valence-electron chi connectivity index (χ2n) is 3.66. The average Bonchev–Trinajstić information content (AvgIpc) is 2.25. The summed E-state index contributed by atoms with van der Waals surface area (Å²) < 4.78 is 0. The zero-order valence-corrected chi connectivity index (χ0v) is 8.73. The van der Waals surface area contributed by atoms with E-state index in [2.05, 4.69) is 0 Å². The number of aliphatic carboxylic acids is 1. The predicted octanol–water partition coefficient (Wildman–Crippen LogP) is 2.33. The van der Waals surface area contributed by atoms with E-state index in [1.54, 1.807) is 0 Å². The van der Waals surface area contributed by atoms with Crippen molar-refractivity contribution in [2.24, 2.45) is 5.73 Å². The van der Waals surface area contributed by atoms with Gasteiger partial charge in [-0.15, -0.1) is 0 Å². The van der Waals surface area contributed by atoms with E-state index in [1.165, 1.54) is 0 Å². The van der Waals surface area contributed by atoms with E-state index in [9.17, 15) is 4.79 Å². The molecule has 1 atom stereocenters. The Bertz CT molecular complexity index is 298. The number of unbranched alkanes of at least 4 members (excludes halogenated alkanes) is 1. The van der Waals surface area contributed by atoms with Crippen LogP contribution in [0.3, 0.4) is 0 Å². The van der Waals surface area contributed by atoms with E-state index >= 15 is 0 Å². The third kappa shape index (κ3) is 4.61. The van der Waals surface area contributed by atoms with Crippen LogP contribution in [0.25, 0.3) is 0 Å². The number of carboxylic acids is 1. The zero-order valence-electron chi connectivity index (χ0n) is 8.73. The first-order chi connectivity index (χ1) is 7.20. The Hall–Kier alpha value is -1.35. The highest BCUT2D eigenvalue weighted by Crippen LogP contribution is 2.16. The van der Waals surface area contributed by atoms with Gasteiger partial charge in [0.1, 0.15) is 0 Å². The van der Waals surface area contributed by atoms with Gasteiger partial charge in [0.25, 0.3) is 0 Å². The van der Waals surface area contributed by atoms with Crippen LogP contribution in [0, 0.1) is 0 Å². The lowest BCUT2D eigenvalue weighted by atomic mass is 10.0. The molecule has 0 heterocycles. The summed E-state index contributed by atoms with van der Waals surface area (Å²) >= 11 is 0. The molecular weight excluding hydrogens is 190 g/mol. The first-order valence-electron chi connectivity index (χ1n) is 5.22. The van der Waals surface area contributed by atoms with Crippen molar-refractivity contribution in [2.45, 2.75) is 31.7 Å². The number of nitrogens with two attached hydrogens (primary N) is 1. The highest BCUT2D eigenvalue weighted by Gasteiger charge is 2.05. The first kappa shape index (κ1) is 11.7. The molecule has 0 aliphatic rings. The van der Waals surface area contributed by atoms with E-state index in [0.29, 0.717) is 6.42 Å². The second-order valence-corrected chi connectivity index (χ2v) is 3.66. The minimum Gasteiger partial charge on any atom is -0.481 e. The van der Waals surface area contributed by atoms with Crippen LogP contribution in [0.4, 0.5) is 0 Å². The Morgan fingerprint density at radius 1 is 1.27 bits per heavy atom. The third-order valence-electron chi connectivity index (χ3n) is 2.38. The lowest BCUT2D eigenvalue weighted by Gasteiger charge is -2.10. The smallest absolute Gasteiger partial charge is 0.303 e. The highest BCUT2D eigenvalue weighted by molar-refractivity contribution is 5.66. The molecule has 0 aliphatic carbocycles. The molecule has 0 saturated heterocycles. The van der Waals surface area contributed by atoms with Crippen LogP contribution >= 0.6 is 0 Å². The van der Waals surface area contributed by atoms with Crippen LogP contribution < -0.4 is 5.73 Å². The number of carbonyl (C=O) groups is 1. The predicted molar refractivity (Wildman–Crippen MR) is 59.5 cm³/mol. The van der Waals surface area contributed by atoms with Crippen LogP contribution in [0.15, 0.2) is 30.3 Å². The first-order valence-corrected chi connectivity index (χ1v) is 5.22. The van der Waals surface area contributed by atoms with Crippen molar-refractivity contribution in [1.29, 1.82) is 0 Å². The maximum absolute atomic E-state index is 10.3. The average molecular weight is 207 g/mol. The molecule has 0 saturated carbocycles. The number of hydrogen-bond acceptors (Lipinski definition) is 2. The SMILES string of the molecule is N[C@H](CCCCC(=O)O)c1ccccc1. The molecule has 0 aliphatic heterocycles. The molecule has 0 amide bonds. The summed E-state index contributed by atoms with van der Waals surface area (Å²) in [4.78, 5) is 10.3. The van der Waals surface area contributed by atoms with Crippen molar-refractivity contribution in [3.8, 4) is 0 Å². The Balaban J connectivity index is 2.25. The van der Waals surface area contributed by atoms with Crippen molar-refractivity contribution < 1.29 is 9.90 Å². The molecule has 82 valence electrons. The lowest BCUT2D eigenvalue weighted by Crippen LogP contribution is -2.10. The molecule has 0 unspecified atom stereocenters. The van der Waals surface area contributed by atoms with Crippen LogP contribution in [0.1, 0.15) is 37.3 Å². The normalized spacial score (nSPS) is 12.3. The Kier molecular flexibility index (Phi) is 4.84. The van der Waals surface area contributed by atoms with Gasteiger partial charge in [0.2, 0.25) is 0 Å². The molecule has 3 nitrogen and oxygen atoms in total. The monoisotopic (exact) mass is 207 g/mol. The Morgan fingerprint density at radius 3 is 2.53 bits per heavy atom. The van der Waals surface area contributed by atoms with Gasteiger partial charge >= 0.3 is 5.97 Å². The van der Waals surface area contributed by atoms with Gasteiger partial charge in [-0.1, -0.05) is 36.8 Å². The van der Waals surface area contributed by atoms with Crippen LogP contribution in [0.2, 0.25) is 0 Å². The van der Waals surface area contributed by atoms with E-state index in [0.717, 1.165) is 18.4 Å². The summed E-state index contributed by atoms with van der Waals surface area (Å²) in [6, 6.07) is 9.92. The fourth-order valence-corrected chi connectivity index (χ4v) is 1.51. The van der Waals surface area contributed by atoms with Crippen LogP contribution in [-0.2, 0) is 4.79 Å². The topological polar surface area (TPSA) is 63.3 Å².